The van der Waals surface area contributed by atoms with Gasteiger partial charge < -0.3 is 10.0 Å². The van der Waals surface area contributed by atoms with Crippen molar-refractivity contribution in [3.8, 4) is 0 Å². The van der Waals surface area contributed by atoms with Crippen LogP contribution in [0.1, 0.15) is 12.0 Å². The number of sulfonamides is 1. The Morgan fingerprint density at radius 1 is 1.24 bits per heavy atom. The van der Waals surface area contributed by atoms with E-state index in [2.05, 4.69) is 14.7 Å². The summed E-state index contributed by atoms with van der Waals surface area (Å²) >= 11 is 0. The Balaban J connectivity index is 1.67. The Kier molecular flexibility index (Phi) is 3.55. The van der Waals surface area contributed by atoms with E-state index in [0.29, 0.717) is 30.9 Å². The summed E-state index contributed by atoms with van der Waals surface area (Å²) in [6.07, 6.45) is 5.65. The number of hydrogen-bond donors (Lipinski definition) is 2. The van der Waals surface area contributed by atoms with E-state index in [1.54, 1.807) is 24.5 Å². The molecular formula is C17H18N4O3S. The quantitative estimate of drug-likeness (QED) is 0.870. The van der Waals surface area contributed by atoms with Crippen molar-refractivity contribution in [3.05, 3.63) is 48.3 Å². The largest absolute Gasteiger partial charge is 0.381 e. The highest BCUT2D eigenvalue weighted by Gasteiger charge is 2.45. The van der Waals surface area contributed by atoms with Crippen LogP contribution in [0, 0.1) is 0 Å². The zero-order valence-corrected chi connectivity index (χ0v) is 14.5. The average molecular weight is 358 g/mol. The van der Waals surface area contributed by atoms with Gasteiger partial charge in [0.1, 0.15) is 11.4 Å². The molecule has 0 radical (unpaired) electrons. The number of aromatic nitrogens is 1. The minimum absolute atomic E-state index is 0.501. The first-order valence-electron chi connectivity index (χ1n) is 7.94. The molecule has 0 saturated carbocycles. The van der Waals surface area contributed by atoms with Crippen LogP contribution in [0.4, 0.5) is 17.1 Å². The number of aliphatic imine (C=N–C) groups is 1. The van der Waals surface area contributed by atoms with Crippen LogP contribution in [0.25, 0.3) is 0 Å². The van der Waals surface area contributed by atoms with Crippen molar-refractivity contribution in [1.82, 2.24) is 4.98 Å². The van der Waals surface area contributed by atoms with Crippen LogP contribution in [-0.4, -0.2) is 42.7 Å². The van der Waals surface area contributed by atoms with Crippen LogP contribution >= 0.6 is 0 Å². The standard InChI is InChI=1S/C17H18N4O3S/c1-25(23,24)20-13-2-4-14(5-3-13)21-9-7-17(22)10-12-6-8-18-11-15(12)19-16(17)21/h2-6,8,11,20,22H,7,9-10H2,1H3. The highest BCUT2D eigenvalue weighted by atomic mass is 32.2. The molecule has 130 valence electrons. The second-order valence-electron chi connectivity index (χ2n) is 6.47. The number of nitrogens with one attached hydrogen (secondary N) is 1. The highest BCUT2D eigenvalue weighted by molar-refractivity contribution is 7.92. The van der Waals surface area contributed by atoms with Crippen molar-refractivity contribution in [1.29, 1.82) is 0 Å². The van der Waals surface area contributed by atoms with Gasteiger partial charge in [0.05, 0.1) is 18.1 Å². The number of fused-ring (bicyclic) bond motifs is 2. The zero-order chi connectivity index (χ0) is 17.7. The lowest BCUT2D eigenvalue weighted by molar-refractivity contribution is 0.115. The topological polar surface area (TPSA) is 94.9 Å². The smallest absolute Gasteiger partial charge is 0.229 e. The molecular weight excluding hydrogens is 340 g/mol. The summed E-state index contributed by atoms with van der Waals surface area (Å²) in [4.78, 5) is 10.7. The monoisotopic (exact) mass is 358 g/mol. The predicted octanol–water partition coefficient (Wildman–Crippen LogP) is 1.68. The molecule has 2 N–H and O–H groups in total. The maximum Gasteiger partial charge on any atom is 0.229 e. The van der Waals surface area contributed by atoms with Gasteiger partial charge in [-0.2, -0.15) is 0 Å². The summed E-state index contributed by atoms with van der Waals surface area (Å²) in [5, 5.41) is 11.0. The first-order valence-corrected chi connectivity index (χ1v) is 9.83. The summed E-state index contributed by atoms with van der Waals surface area (Å²) in [6.45, 7) is 0.648. The number of nitrogens with zero attached hydrogens (tertiary/aromatic N) is 3. The third-order valence-corrected chi connectivity index (χ3v) is 5.11. The third kappa shape index (κ3) is 2.98. The Morgan fingerprint density at radius 2 is 2.00 bits per heavy atom. The van der Waals surface area contributed by atoms with Crippen molar-refractivity contribution in [3.63, 3.8) is 0 Å². The summed E-state index contributed by atoms with van der Waals surface area (Å²) in [6, 6.07) is 8.93. The Bertz CT molecular complexity index is 956. The first kappa shape index (κ1) is 16.0. The number of rotatable bonds is 3. The Hall–Kier alpha value is -2.45. The molecule has 0 bridgehead atoms. The second-order valence-corrected chi connectivity index (χ2v) is 8.22. The van der Waals surface area contributed by atoms with Crippen LogP contribution < -0.4 is 9.62 Å². The van der Waals surface area contributed by atoms with E-state index in [0.717, 1.165) is 23.2 Å². The SMILES string of the molecule is CS(=O)(=O)Nc1ccc(N2CCC3(O)Cc4ccncc4N=C23)cc1. The van der Waals surface area contributed by atoms with Gasteiger partial charge >= 0.3 is 0 Å². The fraction of sp³-hybridized carbons (Fsp3) is 0.294. The number of amidine groups is 1. The molecule has 1 unspecified atom stereocenters. The van der Waals surface area contributed by atoms with Crippen LogP contribution in [0.2, 0.25) is 0 Å². The van der Waals surface area contributed by atoms with Gasteiger partial charge in [-0.05, 0) is 35.9 Å². The Morgan fingerprint density at radius 3 is 2.72 bits per heavy atom. The van der Waals surface area contributed by atoms with Gasteiger partial charge in [0.2, 0.25) is 10.0 Å². The van der Waals surface area contributed by atoms with E-state index in [1.165, 1.54) is 0 Å². The summed E-state index contributed by atoms with van der Waals surface area (Å²) in [5.74, 6) is 0.622. The first-order chi connectivity index (χ1) is 11.8. The summed E-state index contributed by atoms with van der Waals surface area (Å²) < 4.78 is 25.1. The second kappa shape index (κ2) is 5.53. The van der Waals surface area contributed by atoms with E-state index in [9.17, 15) is 13.5 Å². The zero-order valence-electron chi connectivity index (χ0n) is 13.7. The van der Waals surface area contributed by atoms with E-state index >= 15 is 0 Å². The van der Waals surface area contributed by atoms with Crippen molar-refractivity contribution >= 4 is 32.9 Å². The number of anilines is 2. The molecule has 25 heavy (non-hydrogen) atoms. The summed E-state index contributed by atoms with van der Waals surface area (Å²) in [5.41, 5.74) is 2.17. The van der Waals surface area contributed by atoms with Crippen LogP contribution in [0.5, 0.6) is 0 Å². The molecule has 1 atom stereocenters. The lowest BCUT2D eigenvalue weighted by atomic mass is 9.90. The van der Waals surface area contributed by atoms with Crippen molar-refractivity contribution < 1.29 is 13.5 Å². The minimum atomic E-state index is -3.31. The predicted molar refractivity (Wildman–Crippen MR) is 96.9 cm³/mol. The van der Waals surface area contributed by atoms with Crippen molar-refractivity contribution in [2.45, 2.75) is 18.4 Å². The fourth-order valence-corrected chi connectivity index (χ4v) is 3.93. The molecule has 0 amide bonds. The van der Waals surface area contributed by atoms with Gasteiger partial charge in [-0.3, -0.25) is 9.71 Å². The molecule has 4 rings (SSSR count). The number of pyridine rings is 1. The Labute approximate surface area is 146 Å². The molecule has 1 aromatic carbocycles. The van der Waals surface area contributed by atoms with Gasteiger partial charge in [0.15, 0.2) is 0 Å². The molecule has 0 aliphatic carbocycles. The number of hydrogen-bond acceptors (Lipinski definition) is 6. The van der Waals surface area contributed by atoms with Gasteiger partial charge in [-0.15, -0.1) is 0 Å². The van der Waals surface area contributed by atoms with Crippen LogP contribution in [0.15, 0.2) is 47.7 Å². The molecule has 1 saturated heterocycles. The molecule has 3 heterocycles. The van der Waals surface area contributed by atoms with E-state index in [-0.39, 0.29) is 0 Å². The molecule has 2 aliphatic rings. The van der Waals surface area contributed by atoms with Gasteiger partial charge in [-0.25, -0.2) is 13.4 Å². The molecule has 1 fully saturated rings. The van der Waals surface area contributed by atoms with Crippen molar-refractivity contribution in [2.75, 3.05) is 22.4 Å². The minimum Gasteiger partial charge on any atom is -0.381 e. The maximum absolute atomic E-state index is 11.3. The van der Waals surface area contributed by atoms with E-state index < -0.39 is 15.6 Å². The average Bonchev–Trinajstić information content (AvgIpc) is 2.88. The molecule has 2 aromatic rings. The molecule has 7 nitrogen and oxygen atoms in total. The lowest BCUT2D eigenvalue weighted by Gasteiger charge is -2.30. The van der Waals surface area contributed by atoms with E-state index in [1.807, 2.05) is 23.1 Å². The number of benzene rings is 1. The van der Waals surface area contributed by atoms with Gasteiger partial charge in [0, 0.05) is 37.0 Å². The third-order valence-electron chi connectivity index (χ3n) is 4.50. The normalized spacial score (nSPS) is 22.2. The lowest BCUT2D eigenvalue weighted by Crippen LogP contribution is -2.43. The maximum atomic E-state index is 11.3. The van der Waals surface area contributed by atoms with Crippen LogP contribution in [0.3, 0.4) is 0 Å². The molecule has 2 aliphatic heterocycles. The fourth-order valence-electron chi connectivity index (χ4n) is 3.37. The van der Waals surface area contributed by atoms with E-state index in [4.69, 9.17) is 0 Å². The van der Waals surface area contributed by atoms with Gasteiger partial charge in [-0.1, -0.05) is 0 Å². The molecule has 0 spiro atoms. The van der Waals surface area contributed by atoms with Crippen molar-refractivity contribution in [2.24, 2.45) is 4.99 Å². The molecule has 1 aromatic heterocycles. The number of aliphatic hydroxyl groups is 1. The molecule has 8 heteroatoms. The highest BCUT2D eigenvalue weighted by Crippen LogP contribution is 2.39. The summed E-state index contributed by atoms with van der Waals surface area (Å²) in [7, 11) is -3.31. The van der Waals surface area contributed by atoms with Gasteiger partial charge in [0.25, 0.3) is 0 Å². The van der Waals surface area contributed by atoms with Crippen LogP contribution in [-0.2, 0) is 16.4 Å².